The molecular formula is C21H21N7O3. The van der Waals surface area contributed by atoms with Crippen molar-refractivity contribution in [3.05, 3.63) is 53.0 Å². The zero-order chi connectivity index (χ0) is 21.7. The Morgan fingerprint density at radius 2 is 1.77 bits per heavy atom. The summed E-state index contributed by atoms with van der Waals surface area (Å²) in [5.74, 6) is 2.88. The number of carbonyl (C=O) groups excluding carboxylic acids is 1. The topological polar surface area (TPSA) is 108 Å². The quantitative estimate of drug-likeness (QED) is 0.541. The number of anilines is 1. The monoisotopic (exact) mass is 419 g/mol. The summed E-state index contributed by atoms with van der Waals surface area (Å²) in [6, 6.07) is 9.29. The van der Waals surface area contributed by atoms with Gasteiger partial charge in [-0.1, -0.05) is 0 Å². The van der Waals surface area contributed by atoms with Gasteiger partial charge in [0.1, 0.15) is 17.3 Å². The van der Waals surface area contributed by atoms with Gasteiger partial charge in [0.2, 0.25) is 5.91 Å². The van der Waals surface area contributed by atoms with Crippen molar-refractivity contribution in [2.45, 2.75) is 26.2 Å². The number of rotatable bonds is 4. The maximum atomic E-state index is 12.7. The van der Waals surface area contributed by atoms with Crippen molar-refractivity contribution in [1.29, 1.82) is 0 Å². The molecule has 10 nitrogen and oxygen atoms in total. The predicted molar refractivity (Wildman–Crippen MR) is 112 cm³/mol. The molecule has 0 radical (unpaired) electrons. The van der Waals surface area contributed by atoms with Gasteiger partial charge >= 0.3 is 0 Å². The van der Waals surface area contributed by atoms with Crippen LogP contribution >= 0.6 is 0 Å². The third-order valence-corrected chi connectivity index (χ3v) is 5.50. The fourth-order valence-corrected chi connectivity index (χ4v) is 4.03. The lowest BCUT2D eigenvalue weighted by atomic mass is 9.85. The van der Waals surface area contributed by atoms with Gasteiger partial charge in [-0.3, -0.25) is 4.79 Å². The van der Waals surface area contributed by atoms with Crippen molar-refractivity contribution in [3.63, 3.8) is 0 Å². The Bertz CT molecular complexity index is 1300. The molecule has 1 aliphatic heterocycles. The summed E-state index contributed by atoms with van der Waals surface area (Å²) in [5.41, 5.74) is 3.32. The minimum atomic E-state index is -0.193. The first kappa shape index (κ1) is 19.0. The molecule has 1 amide bonds. The fraction of sp³-hybridized carbons (Fsp3) is 0.286. The van der Waals surface area contributed by atoms with E-state index in [-0.39, 0.29) is 11.8 Å². The molecule has 3 aromatic heterocycles. The molecule has 1 atom stereocenters. The molecule has 1 N–H and O–H groups in total. The fourth-order valence-electron chi connectivity index (χ4n) is 4.03. The van der Waals surface area contributed by atoms with Crippen molar-refractivity contribution < 1.29 is 14.3 Å². The second kappa shape index (κ2) is 7.08. The first-order chi connectivity index (χ1) is 15.0. The molecule has 1 aromatic carbocycles. The summed E-state index contributed by atoms with van der Waals surface area (Å²) in [4.78, 5) is 12.7. The lowest BCUT2D eigenvalue weighted by Crippen LogP contribution is -2.25. The molecular weight excluding hydrogens is 398 g/mol. The van der Waals surface area contributed by atoms with Gasteiger partial charge in [0.05, 0.1) is 19.9 Å². The van der Waals surface area contributed by atoms with E-state index >= 15 is 0 Å². The van der Waals surface area contributed by atoms with Crippen LogP contribution in [0.2, 0.25) is 0 Å². The van der Waals surface area contributed by atoms with Gasteiger partial charge in [0, 0.05) is 24.0 Å². The van der Waals surface area contributed by atoms with Crippen molar-refractivity contribution in [3.8, 4) is 17.3 Å². The minimum absolute atomic E-state index is 0.0954. The zero-order valence-electron chi connectivity index (χ0n) is 17.6. The molecule has 5 rings (SSSR count). The molecule has 31 heavy (non-hydrogen) atoms. The number of ether oxygens (including phenoxy) is 2. The second-order valence-corrected chi connectivity index (χ2v) is 7.42. The van der Waals surface area contributed by atoms with Crippen LogP contribution in [0.4, 0.5) is 5.82 Å². The van der Waals surface area contributed by atoms with Crippen LogP contribution in [0.3, 0.4) is 0 Å². The minimum Gasteiger partial charge on any atom is -0.497 e. The molecule has 0 aliphatic carbocycles. The molecule has 158 valence electrons. The average molecular weight is 419 g/mol. The van der Waals surface area contributed by atoms with E-state index in [1.54, 1.807) is 29.5 Å². The van der Waals surface area contributed by atoms with Crippen LogP contribution in [-0.2, 0) is 4.79 Å². The second-order valence-electron chi connectivity index (χ2n) is 7.42. The van der Waals surface area contributed by atoms with E-state index in [2.05, 4.69) is 20.6 Å². The summed E-state index contributed by atoms with van der Waals surface area (Å²) in [6.45, 7) is 3.76. The van der Waals surface area contributed by atoms with Gasteiger partial charge in [-0.05, 0) is 43.7 Å². The van der Waals surface area contributed by atoms with E-state index in [4.69, 9.17) is 14.6 Å². The van der Waals surface area contributed by atoms with Crippen LogP contribution in [0, 0.1) is 13.8 Å². The maximum Gasteiger partial charge on any atom is 0.226 e. The molecule has 0 fully saturated rings. The average Bonchev–Trinajstić information content (AvgIpc) is 3.32. The number of hydrogen-bond acceptors (Lipinski definition) is 7. The molecule has 0 spiro atoms. The smallest absolute Gasteiger partial charge is 0.226 e. The molecule has 4 aromatic rings. The standard InChI is InChI=1S/C21H21N7O3/c1-11-20-16(13-7-14(30-3)9-15(8-13)31-4)10-19(29)22-21(20)28(25-11)18-6-5-17-24-23-12(2)27(17)26-18/h5-9,16H,10H2,1-4H3,(H,22,29). The number of methoxy groups -OCH3 is 2. The van der Waals surface area contributed by atoms with Crippen molar-refractivity contribution in [2.24, 2.45) is 0 Å². The van der Waals surface area contributed by atoms with Gasteiger partial charge in [-0.15, -0.1) is 15.3 Å². The van der Waals surface area contributed by atoms with Crippen molar-refractivity contribution in [1.82, 2.24) is 29.6 Å². The van der Waals surface area contributed by atoms with E-state index in [1.807, 2.05) is 38.1 Å². The van der Waals surface area contributed by atoms with Crippen LogP contribution in [0.15, 0.2) is 30.3 Å². The van der Waals surface area contributed by atoms with Crippen LogP contribution in [0.1, 0.15) is 35.0 Å². The zero-order valence-corrected chi connectivity index (χ0v) is 17.6. The summed E-state index contributed by atoms with van der Waals surface area (Å²) in [6.07, 6.45) is 0.298. The highest BCUT2D eigenvalue weighted by Crippen LogP contribution is 2.42. The van der Waals surface area contributed by atoms with Crippen LogP contribution in [0.5, 0.6) is 11.5 Å². The molecule has 4 heterocycles. The van der Waals surface area contributed by atoms with Crippen LogP contribution in [-0.4, -0.2) is 49.7 Å². The first-order valence-electron chi connectivity index (χ1n) is 9.80. The molecule has 0 bridgehead atoms. The van der Waals surface area contributed by atoms with Crippen molar-refractivity contribution in [2.75, 3.05) is 19.5 Å². The molecule has 10 heteroatoms. The van der Waals surface area contributed by atoms with E-state index < -0.39 is 0 Å². The van der Waals surface area contributed by atoms with Gasteiger partial charge in [-0.25, -0.2) is 0 Å². The third-order valence-electron chi connectivity index (χ3n) is 5.50. The highest BCUT2D eigenvalue weighted by molar-refractivity contribution is 5.95. The normalized spacial score (nSPS) is 15.6. The molecule has 0 saturated carbocycles. The predicted octanol–water partition coefficient (Wildman–Crippen LogP) is 2.42. The number of aromatic nitrogens is 6. The number of nitrogens with zero attached hydrogens (tertiary/aromatic N) is 6. The SMILES string of the molecule is COc1cc(OC)cc(C2CC(=O)Nc3c2c(C)nn3-c2ccc3nnc(C)n3n2)c1. The number of fused-ring (bicyclic) bond motifs is 2. The lowest BCUT2D eigenvalue weighted by molar-refractivity contribution is -0.116. The Balaban J connectivity index is 1.67. The highest BCUT2D eigenvalue weighted by atomic mass is 16.5. The highest BCUT2D eigenvalue weighted by Gasteiger charge is 2.33. The molecule has 1 unspecified atom stereocenters. The van der Waals surface area contributed by atoms with Gasteiger partial charge in [-0.2, -0.15) is 14.3 Å². The van der Waals surface area contributed by atoms with Crippen LogP contribution < -0.4 is 14.8 Å². The van der Waals surface area contributed by atoms with E-state index in [9.17, 15) is 4.79 Å². The lowest BCUT2D eigenvalue weighted by Gasteiger charge is -2.25. The van der Waals surface area contributed by atoms with Gasteiger partial charge in [0.15, 0.2) is 17.3 Å². The molecule has 1 aliphatic rings. The maximum absolute atomic E-state index is 12.7. The number of nitrogens with one attached hydrogen (secondary N) is 1. The summed E-state index contributed by atoms with van der Waals surface area (Å²) in [5, 5.41) is 20.4. The van der Waals surface area contributed by atoms with E-state index in [0.29, 0.717) is 41.0 Å². The van der Waals surface area contributed by atoms with Crippen LogP contribution in [0.25, 0.3) is 11.5 Å². The number of carbonyl (C=O) groups is 1. The number of amides is 1. The Hall–Kier alpha value is -3.95. The Kier molecular flexibility index (Phi) is 4.35. The Morgan fingerprint density at radius 1 is 1.03 bits per heavy atom. The Morgan fingerprint density at radius 3 is 2.48 bits per heavy atom. The third kappa shape index (κ3) is 3.07. The van der Waals surface area contributed by atoms with E-state index in [1.165, 1.54) is 0 Å². The van der Waals surface area contributed by atoms with Gasteiger partial charge < -0.3 is 14.8 Å². The number of aryl methyl sites for hydroxylation is 2. The first-order valence-corrected chi connectivity index (χ1v) is 9.80. The number of hydrogen-bond donors (Lipinski definition) is 1. The Labute approximate surface area is 177 Å². The summed E-state index contributed by atoms with van der Waals surface area (Å²) >= 11 is 0. The largest absolute Gasteiger partial charge is 0.497 e. The van der Waals surface area contributed by atoms with E-state index in [0.717, 1.165) is 16.8 Å². The number of benzene rings is 1. The molecule has 0 saturated heterocycles. The summed E-state index contributed by atoms with van der Waals surface area (Å²) < 4.78 is 14.2. The summed E-state index contributed by atoms with van der Waals surface area (Å²) in [7, 11) is 3.21. The van der Waals surface area contributed by atoms with Gasteiger partial charge in [0.25, 0.3) is 0 Å². The van der Waals surface area contributed by atoms with Crippen molar-refractivity contribution >= 4 is 17.4 Å².